The quantitative estimate of drug-likeness (QED) is 0.0617. The fourth-order valence-corrected chi connectivity index (χ4v) is 7.15. The van der Waals surface area contributed by atoms with Gasteiger partial charge in [-0.05, 0) is 50.7 Å². The van der Waals surface area contributed by atoms with E-state index in [0.717, 1.165) is 22.1 Å². The molecule has 0 aromatic heterocycles. The Morgan fingerprint density at radius 3 is 0.870 bits per heavy atom. The van der Waals surface area contributed by atoms with Gasteiger partial charge in [-0.3, -0.25) is 0 Å². The molecule has 46 heavy (non-hydrogen) atoms. The van der Waals surface area contributed by atoms with Crippen molar-refractivity contribution in [2.24, 2.45) is 0 Å². The van der Waals surface area contributed by atoms with E-state index in [4.69, 9.17) is 0 Å². The second-order valence-electron chi connectivity index (χ2n) is 15.4. The molecule has 0 fully saturated rings. The van der Waals surface area contributed by atoms with E-state index in [1.165, 1.54) is 177 Å². The lowest BCUT2D eigenvalue weighted by atomic mass is 10.0. The lowest BCUT2D eigenvalue weighted by Gasteiger charge is -2.34. The van der Waals surface area contributed by atoms with Crippen LogP contribution < -0.4 is 0 Å². The number of benzene rings is 2. The van der Waals surface area contributed by atoms with Crippen LogP contribution in [0.25, 0.3) is 11.1 Å². The molecule has 0 aliphatic rings. The maximum Gasteiger partial charge on any atom is 0.104 e. The smallest absolute Gasteiger partial charge is 0.104 e. The van der Waals surface area contributed by atoms with E-state index < -0.39 is 0 Å². The summed E-state index contributed by atoms with van der Waals surface area (Å²) in [6.45, 7) is 16.6. The Kier molecular flexibility index (Phi) is 21.6. The Morgan fingerprint density at radius 1 is 0.348 bits per heavy atom. The highest BCUT2D eigenvalue weighted by Gasteiger charge is 2.21. The van der Waals surface area contributed by atoms with Crippen molar-refractivity contribution in [1.29, 1.82) is 0 Å². The lowest BCUT2D eigenvalue weighted by Crippen LogP contribution is -2.43. The van der Waals surface area contributed by atoms with E-state index >= 15 is 0 Å². The molecule has 2 aromatic carbocycles. The Labute approximate surface area is 288 Å². The van der Waals surface area contributed by atoms with Crippen molar-refractivity contribution in [1.82, 2.24) is 0 Å². The average molecular weight is 635 g/mol. The first-order valence-electron chi connectivity index (χ1n) is 20.2. The molecule has 2 atom stereocenters. The van der Waals surface area contributed by atoms with Crippen LogP contribution in [-0.2, 0) is 13.1 Å². The second-order valence-corrected chi connectivity index (χ2v) is 15.4. The minimum Gasteiger partial charge on any atom is -0.323 e. The van der Waals surface area contributed by atoms with Gasteiger partial charge in [0.2, 0.25) is 0 Å². The molecule has 2 nitrogen and oxygen atoms in total. The van der Waals surface area contributed by atoms with Crippen molar-refractivity contribution in [3.05, 3.63) is 59.7 Å². The molecule has 2 unspecified atom stereocenters. The zero-order valence-electron chi connectivity index (χ0n) is 31.9. The maximum absolute atomic E-state index is 2.46. The summed E-state index contributed by atoms with van der Waals surface area (Å²) in [5.41, 5.74) is 5.63. The molecule has 0 aliphatic carbocycles. The third kappa shape index (κ3) is 17.5. The Hall–Kier alpha value is -1.64. The summed E-state index contributed by atoms with van der Waals surface area (Å²) in [6, 6.07) is 18.9. The summed E-state index contributed by atoms with van der Waals surface area (Å²) in [6.07, 6.45) is 28.3. The molecule has 262 valence electrons. The summed E-state index contributed by atoms with van der Waals surface area (Å²) >= 11 is 0. The highest BCUT2D eigenvalue weighted by molar-refractivity contribution is 5.63. The zero-order valence-corrected chi connectivity index (χ0v) is 31.9. The summed E-state index contributed by atoms with van der Waals surface area (Å²) in [5, 5.41) is 0. The van der Waals surface area contributed by atoms with Gasteiger partial charge < -0.3 is 8.97 Å². The Balaban J connectivity index is 1.73. The molecule has 2 heteroatoms. The normalized spacial score (nSPS) is 14.3. The SMILES string of the molecule is CCCCCCCCCCCC[N+](C)(CC)Cc1ccc(-c2ccc(C[N+](C)(CC)CCCCCCCCCCCC)cc2)cc1. The van der Waals surface area contributed by atoms with Crippen LogP contribution in [0.2, 0.25) is 0 Å². The number of quaternary nitrogens is 2. The van der Waals surface area contributed by atoms with Crippen molar-refractivity contribution in [3.63, 3.8) is 0 Å². The molecule has 0 spiro atoms. The van der Waals surface area contributed by atoms with Gasteiger partial charge in [0.05, 0.1) is 40.3 Å². The second kappa shape index (κ2) is 24.5. The number of rotatable bonds is 29. The maximum atomic E-state index is 2.46. The first-order valence-corrected chi connectivity index (χ1v) is 20.2. The van der Waals surface area contributed by atoms with Crippen LogP contribution >= 0.6 is 0 Å². The van der Waals surface area contributed by atoms with Gasteiger partial charge in [-0.1, -0.05) is 165 Å². The number of nitrogens with zero attached hydrogens (tertiary/aromatic N) is 2. The van der Waals surface area contributed by atoms with Crippen molar-refractivity contribution in [2.45, 2.75) is 169 Å². The van der Waals surface area contributed by atoms with E-state index in [0.29, 0.717) is 0 Å². The van der Waals surface area contributed by atoms with Crippen LogP contribution in [-0.4, -0.2) is 49.2 Å². The van der Waals surface area contributed by atoms with Gasteiger partial charge in [0.1, 0.15) is 13.1 Å². The predicted molar refractivity (Wildman–Crippen MR) is 206 cm³/mol. The molecule has 0 saturated carbocycles. The third-order valence-electron chi connectivity index (χ3n) is 11.0. The van der Waals surface area contributed by atoms with Crippen molar-refractivity contribution >= 4 is 0 Å². The standard InChI is InChI=1S/C44H78N2/c1-7-11-13-15-17-19-21-23-25-27-37-45(5,9-3)39-41-29-33-43(34-30-41)44-35-31-42(32-36-44)40-46(6,10-4)38-28-26-24-22-20-18-16-14-12-8-2/h29-36H,7-28,37-40H2,1-6H3/q+2. The van der Waals surface area contributed by atoms with Crippen molar-refractivity contribution in [2.75, 3.05) is 40.3 Å². The molecule has 0 saturated heterocycles. The zero-order chi connectivity index (χ0) is 33.4. The molecule has 0 aliphatic heterocycles. The van der Waals surface area contributed by atoms with Gasteiger partial charge in [-0.25, -0.2) is 0 Å². The molecular formula is C44H78N2+2. The molecule has 0 amide bonds. The van der Waals surface area contributed by atoms with Crippen molar-refractivity contribution in [3.8, 4) is 11.1 Å². The van der Waals surface area contributed by atoms with E-state index in [1.807, 2.05) is 0 Å². The van der Waals surface area contributed by atoms with Crippen LogP contribution in [0, 0.1) is 0 Å². The molecule has 2 rings (SSSR count). The topological polar surface area (TPSA) is 0 Å². The lowest BCUT2D eigenvalue weighted by molar-refractivity contribution is -0.921. The molecule has 0 radical (unpaired) electrons. The van der Waals surface area contributed by atoms with Crippen LogP contribution in [0.1, 0.15) is 167 Å². The highest BCUT2D eigenvalue weighted by Crippen LogP contribution is 2.24. The van der Waals surface area contributed by atoms with Gasteiger partial charge in [-0.2, -0.15) is 0 Å². The molecular weight excluding hydrogens is 556 g/mol. The third-order valence-corrected chi connectivity index (χ3v) is 11.0. The average Bonchev–Trinajstić information content (AvgIpc) is 3.07. The number of unbranched alkanes of at least 4 members (excludes halogenated alkanes) is 18. The number of hydrogen-bond acceptors (Lipinski definition) is 0. The van der Waals surface area contributed by atoms with Crippen molar-refractivity contribution < 1.29 is 8.97 Å². The van der Waals surface area contributed by atoms with Crippen LogP contribution in [0.4, 0.5) is 0 Å². The van der Waals surface area contributed by atoms with Gasteiger partial charge in [-0.15, -0.1) is 0 Å². The minimum atomic E-state index is 1.14. The largest absolute Gasteiger partial charge is 0.323 e. The van der Waals surface area contributed by atoms with E-state index in [9.17, 15) is 0 Å². The van der Waals surface area contributed by atoms with E-state index in [2.05, 4.69) is 90.3 Å². The highest BCUT2D eigenvalue weighted by atomic mass is 15.3. The van der Waals surface area contributed by atoms with Gasteiger partial charge in [0.25, 0.3) is 0 Å². The van der Waals surface area contributed by atoms with E-state index in [1.54, 1.807) is 0 Å². The summed E-state index contributed by atoms with van der Waals surface area (Å²) in [4.78, 5) is 0. The van der Waals surface area contributed by atoms with E-state index in [-0.39, 0.29) is 0 Å². The van der Waals surface area contributed by atoms with Gasteiger partial charge in [0.15, 0.2) is 0 Å². The van der Waals surface area contributed by atoms with Gasteiger partial charge in [0, 0.05) is 11.1 Å². The molecule has 0 bridgehead atoms. The number of hydrogen-bond donors (Lipinski definition) is 0. The predicted octanol–water partition coefficient (Wildman–Crippen LogP) is 13.1. The summed E-state index contributed by atoms with van der Waals surface area (Å²) < 4.78 is 2.30. The summed E-state index contributed by atoms with van der Waals surface area (Å²) in [7, 11) is 4.92. The first-order chi connectivity index (χ1) is 22.4. The Bertz CT molecular complexity index is 898. The fraction of sp³-hybridized carbons (Fsp3) is 0.727. The molecule has 2 aromatic rings. The Morgan fingerprint density at radius 2 is 0.609 bits per heavy atom. The van der Waals surface area contributed by atoms with Crippen LogP contribution in [0.5, 0.6) is 0 Å². The minimum absolute atomic E-state index is 1.14. The van der Waals surface area contributed by atoms with Gasteiger partial charge >= 0.3 is 0 Å². The summed E-state index contributed by atoms with van der Waals surface area (Å²) in [5.74, 6) is 0. The molecule has 0 heterocycles. The first kappa shape index (κ1) is 40.5. The van der Waals surface area contributed by atoms with Crippen LogP contribution in [0.3, 0.4) is 0 Å². The monoisotopic (exact) mass is 635 g/mol. The fourth-order valence-electron chi connectivity index (χ4n) is 7.15. The van der Waals surface area contributed by atoms with Crippen LogP contribution in [0.15, 0.2) is 48.5 Å². The molecule has 0 N–H and O–H groups in total.